The number of carbonyl (C=O) groups excluding carboxylic acids is 3. The molecular weight excluding hydrogens is 368 g/mol. The van der Waals surface area contributed by atoms with E-state index in [1.807, 2.05) is 0 Å². The van der Waals surface area contributed by atoms with Crippen LogP contribution in [-0.4, -0.2) is 43.5 Å². The number of primary amides is 1. The Labute approximate surface area is 158 Å². The van der Waals surface area contributed by atoms with E-state index in [-0.39, 0.29) is 36.1 Å². The molecule has 3 aliphatic rings. The van der Waals surface area contributed by atoms with Crippen molar-refractivity contribution < 1.29 is 34.8 Å². The fourth-order valence-electron chi connectivity index (χ4n) is 4.64. The lowest BCUT2D eigenvalue weighted by molar-refractivity contribution is -0.144. The third-order valence-corrected chi connectivity index (χ3v) is 5.98. The lowest BCUT2D eigenvalue weighted by Gasteiger charge is -2.45. The molecule has 9 nitrogen and oxygen atoms in total. The molecule has 0 saturated heterocycles. The highest BCUT2D eigenvalue weighted by molar-refractivity contribution is 6.24. The summed E-state index contributed by atoms with van der Waals surface area (Å²) in [7, 11) is 0. The number of anilines is 1. The number of hydrogen-bond acceptors (Lipinski definition) is 8. The summed E-state index contributed by atoms with van der Waals surface area (Å²) in [5.74, 6) is -6.51. The minimum atomic E-state index is -2.55. The number of aromatic hydroxyl groups is 1. The van der Waals surface area contributed by atoms with Crippen molar-refractivity contribution in [1.29, 1.82) is 0 Å². The van der Waals surface area contributed by atoms with Gasteiger partial charge >= 0.3 is 0 Å². The van der Waals surface area contributed by atoms with Crippen LogP contribution in [0.5, 0.6) is 5.75 Å². The Morgan fingerprint density at radius 1 is 1.14 bits per heavy atom. The lowest BCUT2D eigenvalue weighted by atomic mass is 9.60. The van der Waals surface area contributed by atoms with Gasteiger partial charge in [-0.1, -0.05) is 0 Å². The molecule has 0 heterocycles. The molecule has 1 amide bonds. The van der Waals surface area contributed by atoms with Crippen LogP contribution in [0.15, 0.2) is 34.8 Å². The molecule has 28 heavy (non-hydrogen) atoms. The topological polar surface area (TPSA) is 184 Å². The summed E-state index contributed by atoms with van der Waals surface area (Å²) in [4.78, 5) is 37.3. The highest BCUT2D eigenvalue weighted by atomic mass is 16.3. The third-order valence-electron chi connectivity index (χ3n) is 5.98. The summed E-state index contributed by atoms with van der Waals surface area (Å²) < 4.78 is 0. The maximum Gasteiger partial charge on any atom is 0.255 e. The average molecular weight is 386 g/mol. The number of fused-ring (bicyclic) bond motifs is 3. The van der Waals surface area contributed by atoms with Crippen molar-refractivity contribution >= 4 is 23.2 Å². The molecule has 3 aliphatic carbocycles. The Kier molecular flexibility index (Phi) is 3.60. The number of nitrogens with two attached hydrogens (primary N) is 2. The number of nitrogen functional groups attached to an aromatic ring is 1. The summed E-state index contributed by atoms with van der Waals surface area (Å²) in [6.45, 7) is 0. The molecule has 1 unspecified atom stereocenters. The van der Waals surface area contributed by atoms with E-state index in [2.05, 4.69) is 0 Å². The Bertz CT molecular complexity index is 1040. The predicted molar refractivity (Wildman–Crippen MR) is 95.2 cm³/mol. The van der Waals surface area contributed by atoms with Gasteiger partial charge in [0.25, 0.3) is 5.91 Å². The Balaban J connectivity index is 1.93. The van der Waals surface area contributed by atoms with Crippen LogP contribution < -0.4 is 11.5 Å². The van der Waals surface area contributed by atoms with Gasteiger partial charge in [0.2, 0.25) is 5.78 Å². The average Bonchev–Trinajstić information content (AvgIpc) is 2.61. The molecule has 0 saturated carbocycles. The van der Waals surface area contributed by atoms with E-state index in [0.29, 0.717) is 11.3 Å². The second-order valence-electron chi connectivity index (χ2n) is 7.44. The molecule has 0 spiro atoms. The van der Waals surface area contributed by atoms with E-state index < -0.39 is 52.0 Å². The zero-order valence-electron chi connectivity index (χ0n) is 14.6. The number of phenolic OH excluding ortho intramolecular Hbond substituents is 1. The van der Waals surface area contributed by atoms with Crippen LogP contribution in [-0.2, 0) is 16.0 Å². The fraction of sp³-hybridized carbons (Fsp3) is 0.316. The molecule has 8 N–H and O–H groups in total. The Morgan fingerprint density at radius 3 is 2.46 bits per heavy atom. The molecule has 1 aromatic carbocycles. The van der Waals surface area contributed by atoms with E-state index in [1.54, 1.807) is 0 Å². The van der Waals surface area contributed by atoms with E-state index >= 15 is 0 Å². The lowest BCUT2D eigenvalue weighted by Crippen LogP contribution is -2.57. The van der Waals surface area contributed by atoms with Crippen molar-refractivity contribution in [1.82, 2.24) is 0 Å². The molecule has 0 fully saturated rings. The number of Topliss-reactive ketones (excluding diaryl/α,β-unsaturated/α-hetero) is 2. The number of ketones is 2. The number of amides is 1. The van der Waals surface area contributed by atoms with Crippen molar-refractivity contribution in [3.05, 3.63) is 45.9 Å². The molecule has 3 atom stereocenters. The third kappa shape index (κ3) is 2.07. The molecule has 0 radical (unpaired) electrons. The number of benzene rings is 1. The number of rotatable bonds is 1. The molecule has 0 bridgehead atoms. The first kappa shape index (κ1) is 18.1. The van der Waals surface area contributed by atoms with E-state index in [9.17, 15) is 34.8 Å². The molecule has 9 heteroatoms. The molecule has 146 valence electrons. The van der Waals surface area contributed by atoms with E-state index in [1.165, 1.54) is 12.1 Å². The molecule has 4 rings (SSSR count). The van der Waals surface area contributed by atoms with E-state index in [4.69, 9.17) is 11.5 Å². The number of phenols is 1. The van der Waals surface area contributed by atoms with Crippen molar-refractivity contribution in [3.63, 3.8) is 0 Å². The van der Waals surface area contributed by atoms with Crippen molar-refractivity contribution in [3.8, 4) is 5.75 Å². The molecule has 0 aliphatic heterocycles. The van der Waals surface area contributed by atoms with Crippen LogP contribution in [0.25, 0.3) is 0 Å². The first-order chi connectivity index (χ1) is 13.1. The SMILES string of the molecule is NC(=O)C1=C(O)C[C@@H]2CC3Cc4c(N)ccc(O)c4C(=O)C3=C(O)[C@]2(O)C1=O. The van der Waals surface area contributed by atoms with Gasteiger partial charge in [-0.2, -0.15) is 0 Å². The van der Waals surface area contributed by atoms with Crippen LogP contribution in [0.1, 0.15) is 28.8 Å². The smallest absolute Gasteiger partial charge is 0.255 e. The van der Waals surface area contributed by atoms with Crippen molar-refractivity contribution in [2.24, 2.45) is 17.6 Å². The van der Waals surface area contributed by atoms with Crippen LogP contribution in [0, 0.1) is 11.8 Å². The number of hydrogen-bond donors (Lipinski definition) is 6. The summed E-state index contributed by atoms with van der Waals surface area (Å²) in [6.07, 6.45) is 0.0254. The van der Waals surface area contributed by atoms with Crippen LogP contribution in [0.3, 0.4) is 0 Å². The van der Waals surface area contributed by atoms with Gasteiger partial charge in [0.1, 0.15) is 22.8 Å². The number of aliphatic hydroxyl groups is 3. The largest absolute Gasteiger partial charge is 0.511 e. The maximum absolute atomic E-state index is 13.0. The zero-order chi connectivity index (χ0) is 20.5. The molecular formula is C19H18N2O7. The van der Waals surface area contributed by atoms with Crippen molar-refractivity contribution in [2.45, 2.75) is 24.9 Å². The summed E-state index contributed by atoms with van der Waals surface area (Å²) >= 11 is 0. The summed E-state index contributed by atoms with van der Waals surface area (Å²) in [5, 5.41) is 42.0. The number of aliphatic hydroxyl groups excluding tert-OH is 2. The van der Waals surface area contributed by atoms with E-state index in [0.717, 1.165) is 0 Å². The molecule has 1 aromatic rings. The number of carbonyl (C=O) groups is 3. The van der Waals surface area contributed by atoms with Crippen molar-refractivity contribution in [2.75, 3.05) is 5.73 Å². The minimum Gasteiger partial charge on any atom is -0.511 e. The second kappa shape index (κ2) is 5.59. The maximum atomic E-state index is 13.0. The highest BCUT2D eigenvalue weighted by Crippen LogP contribution is 2.51. The second-order valence-corrected chi connectivity index (χ2v) is 7.44. The predicted octanol–water partition coefficient (Wildman–Crippen LogP) is 0.163. The monoisotopic (exact) mass is 386 g/mol. The van der Waals surface area contributed by atoms with Gasteiger partial charge in [0, 0.05) is 23.6 Å². The quantitative estimate of drug-likeness (QED) is 0.224. The summed E-state index contributed by atoms with van der Waals surface area (Å²) in [5.41, 5.74) is 8.17. The molecule has 0 aromatic heterocycles. The first-order valence-electron chi connectivity index (χ1n) is 8.66. The summed E-state index contributed by atoms with van der Waals surface area (Å²) in [6, 6.07) is 2.72. The van der Waals surface area contributed by atoms with Crippen LogP contribution >= 0.6 is 0 Å². The normalized spacial score (nSPS) is 29.3. The Hall–Kier alpha value is -3.33. The van der Waals surface area contributed by atoms with Crippen LogP contribution in [0.4, 0.5) is 5.69 Å². The first-order valence-corrected chi connectivity index (χ1v) is 8.66. The zero-order valence-corrected chi connectivity index (χ0v) is 14.6. The standard InChI is InChI=1S/C19H18N2O7/c20-9-1-2-10(22)13-8(9)4-6-3-7-5-11(23)14(18(21)27)17(26)19(7,28)16(25)12(6)15(13)24/h1-2,6-7,22-23,25,28H,3-5,20H2,(H2,21,27)/t6?,7-,19-/m0/s1. The van der Waals surface area contributed by atoms with Gasteiger partial charge in [0.15, 0.2) is 11.4 Å². The van der Waals surface area contributed by atoms with Gasteiger partial charge in [-0.15, -0.1) is 0 Å². The van der Waals surface area contributed by atoms with Gasteiger partial charge in [0.05, 0.1) is 5.56 Å². The fourth-order valence-corrected chi connectivity index (χ4v) is 4.64. The minimum absolute atomic E-state index is 0.0814. The number of allylic oxidation sites excluding steroid dienone is 2. The van der Waals surface area contributed by atoms with Gasteiger partial charge in [-0.3, -0.25) is 14.4 Å². The highest BCUT2D eigenvalue weighted by Gasteiger charge is 2.59. The van der Waals surface area contributed by atoms with Gasteiger partial charge < -0.3 is 31.9 Å². The van der Waals surface area contributed by atoms with Crippen LogP contribution in [0.2, 0.25) is 0 Å². The van der Waals surface area contributed by atoms with Gasteiger partial charge in [-0.25, -0.2) is 0 Å². The Morgan fingerprint density at radius 2 is 1.82 bits per heavy atom. The van der Waals surface area contributed by atoms with Gasteiger partial charge in [-0.05, 0) is 36.5 Å².